The highest BCUT2D eigenvalue weighted by atomic mass is 16.7. The van der Waals surface area contributed by atoms with Crippen molar-refractivity contribution in [2.75, 3.05) is 13.1 Å². The molecule has 1 aromatic carbocycles. The summed E-state index contributed by atoms with van der Waals surface area (Å²) in [5.41, 5.74) is -2.97. The molecule has 3 heterocycles. The molecule has 25 heteroatoms. The van der Waals surface area contributed by atoms with E-state index in [4.69, 9.17) is 9.47 Å². The summed E-state index contributed by atoms with van der Waals surface area (Å²) in [6, 6.07) is 8.53. The molecule has 3 aliphatic heterocycles. The summed E-state index contributed by atoms with van der Waals surface area (Å²) in [6.07, 6.45) is 7.64. The van der Waals surface area contributed by atoms with Crippen LogP contribution in [0.25, 0.3) is 0 Å². The Balaban J connectivity index is -0.00000116. The minimum absolute atomic E-state index is 0. The lowest BCUT2D eigenvalue weighted by Gasteiger charge is -2.29. The number of ketones is 6. The van der Waals surface area contributed by atoms with E-state index in [9.17, 15) is 81.8 Å². The first-order chi connectivity index (χ1) is 45.5. The first-order valence-corrected chi connectivity index (χ1v) is 34.1. The van der Waals surface area contributed by atoms with Crippen molar-refractivity contribution in [2.24, 2.45) is 38.4 Å². The van der Waals surface area contributed by atoms with Crippen LogP contribution in [0.4, 0.5) is 9.59 Å². The molecular weight excluding hydrogens is 1310 g/mol. The van der Waals surface area contributed by atoms with Gasteiger partial charge in [0, 0.05) is 95.0 Å². The van der Waals surface area contributed by atoms with Gasteiger partial charge in [-0.2, -0.15) is 0 Å². The number of nitrogens with one attached hydrogen (secondary N) is 2. The van der Waals surface area contributed by atoms with Gasteiger partial charge in [-0.25, -0.2) is 14.4 Å². The molecule has 102 heavy (non-hydrogen) atoms. The quantitative estimate of drug-likeness (QED) is 0.0618. The number of carbonyl (C=O) groups excluding carboxylic acids is 16. The fraction of sp³-hybridized carbons (Fsp3) is 0.662. The molecule has 0 aromatic heterocycles. The second-order valence-electron chi connectivity index (χ2n) is 33.2. The zero-order valence-electron chi connectivity index (χ0n) is 65.1. The summed E-state index contributed by atoms with van der Waals surface area (Å²) in [6.45, 7) is 47.5. The Labute approximate surface area is 606 Å². The number of unbranched alkanes of at least 4 members (excludes halogenated alkanes) is 2. The zero-order valence-corrected chi connectivity index (χ0v) is 65.1. The maximum atomic E-state index is 12.6. The summed E-state index contributed by atoms with van der Waals surface area (Å²) in [4.78, 5) is 190. The van der Waals surface area contributed by atoms with Gasteiger partial charge in [0.25, 0.3) is 35.4 Å². The molecule has 8 amide bonds. The number of nitrogens with zero attached hydrogens (tertiary/aromatic N) is 3. The van der Waals surface area contributed by atoms with E-state index in [1.165, 1.54) is 29.2 Å². The van der Waals surface area contributed by atoms with Crippen LogP contribution in [0, 0.1) is 38.4 Å². The highest BCUT2D eigenvalue weighted by molar-refractivity contribution is 6.15. The van der Waals surface area contributed by atoms with Crippen molar-refractivity contribution in [1.82, 2.24) is 25.5 Å². The summed E-state index contributed by atoms with van der Waals surface area (Å²) in [5, 5.41) is 15.8. The van der Waals surface area contributed by atoms with Crippen molar-refractivity contribution in [3.8, 4) is 0 Å². The highest BCUT2D eigenvalue weighted by Crippen LogP contribution is 2.25. The van der Waals surface area contributed by atoms with Crippen LogP contribution in [0.5, 0.6) is 0 Å². The standard InChI is InChI=1S/C18H27NO3.C14H21NO3.C14H27NO3.C11H15NO5.C10H13NO3.C9H16O3.CH4/c1-17(2,3)15(20)14(12-13-10-8-7-9-11-13)19-16(21)22-18(4,5)6;1-14(2,3)11(16)7-5-4-6-10-15-12(17)8-9-13(15)18;1-9(2)10(11(16)13(3,4)5)15-12(17)18-14(6,7)8;1-11(2,3)7(13)6-10(16)17-12-8(14)4-5-9(12)15;1-10(2,3)7(12)6-11-8(13)4-5-9(11)14;1-9(2,3)7(10)5-4-6-8(11)12;/h7-11,14H,12H2,1-6H3,(H,19,21);8-9H,4-7,10H2,1-3H3;9-10H,1-8H3,(H,15,17);4-6H2,1-3H3;4-5H,6H2,1-3H3;4-6H2,1-3H3,(H,11,12);1H4/p-1/t14-;;;;;;/m0....../s1. The van der Waals surface area contributed by atoms with E-state index in [1.807, 2.05) is 127 Å². The Bertz CT molecular complexity index is 3090. The van der Waals surface area contributed by atoms with Gasteiger partial charge >= 0.3 is 18.2 Å². The summed E-state index contributed by atoms with van der Waals surface area (Å²) in [5.74, 6) is -4.37. The minimum atomic E-state index is -1.09. The van der Waals surface area contributed by atoms with E-state index in [-0.39, 0.29) is 96.5 Å². The third kappa shape index (κ3) is 41.5. The molecule has 0 spiro atoms. The average Bonchev–Trinajstić information content (AvgIpc) is 1.01. The minimum Gasteiger partial charge on any atom is -0.550 e. The van der Waals surface area contributed by atoms with Crippen LogP contribution in [0.2, 0.25) is 0 Å². The third-order valence-electron chi connectivity index (χ3n) is 14.4. The molecule has 0 saturated carbocycles. The van der Waals surface area contributed by atoms with Crippen molar-refractivity contribution in [3.63, 3.8) is 0 Å². The Morgan fingerprint density at radius 1 is 0.461 bits per heavy atom. The number of benzene rings is 1. The average molecular weight is 1440 g/mol. The maximum Gasteiger partial charge on any atom is 0.408 e. The normalized spacial score (nSPS) is 14.5. The van der Waals surface area contributed by atoms with Crippen molar-refractivity contribution in [3.05, 3.63) is 60.2 Å². The Morgan fingerprint density at radius 3 is 1.21 bits per heavy atom. The first-order valence-electron chi connectivity index (χ1n) is 34.1. The molecule has 0 bridgehead atoms. The Morgan fingerprint density at radius 2 is 0.843 bits per heavy atom. The SMILES string of the molecule is C.CC(C)(C)C(=O)CC(=O)ON1C(=O)CCC1=O.CC(C)(C)C(=O)CCCC(=O)[O-].CC(C)(C)C(=O)CCCCCN1C(=O)C=CC1=O.CC(C)(C)C(=O)CN1C(=O)C=CC1=O.CC(C)(C)OC(=O)N[C@@H](Cc1ccccc1)C(=O)C(C)(C)C.CC(C)C(NC(=O)OC(C)(C)C)C(=O)C(C)(C)C. The molecule has 0 radical (unpaired) electrons. The van der Waals surface area contributed by atoms with Gasteiger partial charge in [-0.1, -0.05) is 183 Å². The van der Waals surface area contributed by atoms with Crippen molar-refractivity contribution >= 4 is 94.3 Å². The maximum absolute atomic E-state index is 12.6. The van der Waals surface area contributed by atoms with Crippen LogP contribution in [0.3, 0.4) is 0 Å². The van der Waals surface area contributed by atoms with Gasteiger partial charge in [0.1, 0.15) is 35.0 Å². The van der Waals surface area contributed by atoms with Crippen molar-refractivity contribution in [1.29, 1.82) is 0 Å². The molecule has 1 fully saturated rings. The number of alkyl carbamates (subject to hydrolysis) is 2. The molecule has 4 rings (SSSR count). The van der Waals surface area contributed by atoms with Gasteiger partial charge in [-0.05, 0) is 85.1 Å². The summed E-state index contributed by atoms with van der Waals surface area (Å²) >= 11 is 0. The monoisotopic (exact) mass is 1440 g/mol. The molecule has 0 aliphatic carbocycles. The Kier molecular flexibility index (Phi) is 40.5. The largest absolute Gasteiger partial charge is 0.550 e. The van der Waals surface area contributed by atoms with Crippen LogP contribution in [0.1, 0.15) is 257 Å². The topological polar surface area (TPSA) is 358 Å². The highest BCUT2D eigenvalue weighted by Gasteiger charge is 2.37. The van der Waals surface area contributed by atoms with Gasteiger partial charge in [0.2, 0.25) is 0 Å². The van der Waals surface area contributed by atoms with E-state index in [2.05, 4.69) is 15.5 Å². The smallest absolute Gasteiger partial charge is 0.408 e. The fourth-order valence-corrected chi connectivity index (χ4v) is 8.15. The molecule has 3 aliphatic rings. The number of rotatable bonds is 22. The van der Waals surface area contributed by atoms with E-state index in [0.29, 0.717) is 37.3 Å². The summed E-state index contributed by atoms with van der Waals surface area (Å²) in [7, 11) is 0. The number of carboxylic acids is 1. The number of Topliss-reactive ketones (excluding diaryl/α,β-unsaturated/α-hetero) is 6. The fourth-order valence-electron chi connectivity index (χ4n) is 8.15. The molecule has 1 aromatic rings. The lowest BCUT2D eigenvalue weighted by atomic mass is 9.82. The Hall–Kier alpha value is -8.38. The van der Waals surface area contributed by atoms with Crippen molar-refractivity contribution < 1.29 is 96.1 Å². The van der Waals surface area contributed by atoms with Crippen molar-refractivity contribution in [2.45, 2.75) is 281 Å². The molecule has 2 N–H and O–H groups in total. The lowest BCUT2D eigenvalue weighted by molar-refractivity contribution is -0.305. The van der Waals surface area contributed by atoms with E-state index in [1.54, 1.807) is 83.1 Å². The van der Waals surface area contributed by atoms with Crippen LogP contribution < -0.4 is 15.7 Å². The predicted molar refractivity (Wildman–Crippen MR) is 386 cm³/mol. The van der Waals surface area contributed by atoms with Crippen LogP contribution in [0.15, 0.2) is 54.6 Å². The molecule has 576 valence electrons. The lowest BCUT2D eigenvalue weighted by Crippen LogP contribution is -2.49. The number of ether oxygens (including phenoxy) is 2. The number of amides is 8. The van der Waals surface area contributed by atoms with Gasteiger partial charge in [-0.15, -0.1) is 5.06 Å². The number of imide groups is 3. The third-order valence-corrected chi connectivity index (χ3v) is 14.4. The van der Waals surface area contributed by atoms with Gasteiger partial charge < -0.3 is 34.8 Å². The van der Waals surface area contributed by atoms with Gasteiger partial charge in [0.15, 0.2) is 17.3 Å². The van der Waals surface area contributed by atoms with Crippen LogP contribution in [-0.2, 0) is 87.9 Å². The van der Waals surface area contributed by atoms with E-state index >= 15 is 0 Å². The van der Waals surface area contributed by atoms with Gasteiger partial charge in [0.05, 0.1) is 18.6 Å². The molecular formula is C77H122N5O20-. The second kappa shape index (κ2) is 42.3. The number of carboxylic acid groups (broad SMARTS) is 1. The van der Waals surface area contributed by atoms with E-state index in [0.717, 1.165) is 29.7 Å². The zero-order chi connectivity index (χ0) is 79.4. The molecule has 1 saturated heterocycles. The molecule has 25 nitrogen and oxygen atoms in total. The number of carbonyl (C=O) groups is 16. The van der Waals surface area contributed by atoms with E-state index < -0.39 is 99.1 Å². The number of aliphatic carboxylic acids is 1. The molecule has 2 atom stereocenters. The number of hydrogen-bond donors (Lipinski definition) is 2. The first kappa shape index (κ1) is 97.8. The second-order valence-corrected chi connectivity index (χ2v) is 33.2. The number of hydroxylamine groups is 2. The van der Waals surface area contributed by atoms with Crippen LogP contribution >= 0.6 is 0 Å². The van der Waals surface area contributed by atoms with Crippen LogP contribution in [-0.4, -0.2) is 146 Å². The number of hydrogen-bond acceptors (Lipinski definition) is 20. The molecule has 1 unspecified atom stereocenters. The predicted octanol–water partition coefficient (Wildman–Crippen LogP) is 11.3. The van der Waals surface area contributed by atoms with Gasteiger partial charge in [-0.3, -0.25) is 67.3 Å². The summed E-state index contributed by atoms with van der Waals surface area (Å²) < 4.78 is 10.4.